The van der Waals surface area contributed by atoms with E-state index in [0.29, 0.717) is 11.3 Å². The molecule has 154 valence electrons. The maximum Gasteiger partial charge on any atom is 0.255 e. The molecule has 3 amide bonds. The van der Waals surface area contributed by atoms with E-state index in [1.54, 1.807) is 6.07 Å². The first-order chi connectivity index (χ1) is 13.7. The Bertz CT molecular complexity index is 932. The highest BCUT2D eigenvalue weighted by Gasteiger charge is 2.18. The van der Waals surface area contributed by atoms with E-state index in [2.05, 4.69) is 21.2 Å². The van der Waals surface area contributed by atoms with Crippen molar-refractivity contribution in [3.05, 3.63) is 52.0 Å². The number of nitrogens with zero attached hydrogens (tertiary/aromatic N) is 1. The van der Waals surface area contributed by atoms with Gasteiger partial charge in [-0.2, -0.15) is 0 Å². The van der Waals surface area contributed by atoms with E-state index in [-0.39, 0.29) is 36.5 Å². The van der Waals surface area contributed by atoms with Gasteiger partial charge in [0.25, 0.3) is 11.8 Å². The van der Waals surface area contributed by atoms with Crippen LogP contribution < -0.4 is 20.5 Å². The Balaban J connectivity index is 2.05. The summed E-state index contributed by atoms with van der Waals surface area (Å²) in [4.78, 5) is 37.1. The number of hydrogen-bond acceptors (Lipinski definition) is 5. The standard InChI is InChI=1S/C20H22BrN3O5/c1-12-8-14(21)5-6-15(12)23-19(26)10-24(2)20(27)13-4-7-16(17(9-13)28-3)29-11-18(22)25/h4-9H,10-11H2,1-3H3,(H2,22,25)(H,23,26). The van der Waals surface area contributed by atoms with Gasteiger partial charge in [-0.15, -0.1) is 0 Å². The molecule has 0 spiro atoms. The minimum atomic E-state index is -0.626. The molecule has 0 aliphatic heterocycles. The maximum atomic E-state index is 12.7. The maximum absolute atomic E-state index is 12.7. The monoisotopic (exact) mass is 463 g/mol. The average Bonchev–Trinajstić information content (AvgIpc) is 2.67. The van der Waals surface area contributed by atoms with E-state index >= 15 is 0 Å². The Hall–Kier alpha value is -3.07. The first-order valence-corrected chi connectivity index (χ1v) is 9.41. The quantitative estimate of drug-likeness (QED) is 0.623. The van der Waals surface area contributed by atoms with Gasteiger partial charge in [-0.3, -0.25) is 14.4 Å². The van der Waals surface area contributed by atoms with Crippen molar-refractivity contribution in [3.63, 3.8) is 0 Å². The molecule has 0 aromatic heterocycles. The minimum absolute atomic E-state index is 0.128. The Labute approximate surface area is 177 Å². The van der Waals surface area contributed by atoms with Crippen LogP contribution in [0.2, 0.25) is 0 Å². The summed E-state index contributed by atoms with van der Waals surface area (Å²) < 4.78 is 11.4. The topological polar surface area (TPSA) is 111 Å². The highest BCUT2D eigenvalue weighted by Crippen LogP contribution is 2.28. The van der Waals surface area contributed by atoms with Crippen LogP contribution in [0.5, 0.6) is 11.5 Å². The lowest BCUT2D eigenvalue weighted by Gasteiger charge is -2.18. The summed E-state index contributed by atoms with van der Waals surface area (Å²) in [6.07, 6.45) is 0. The Kier molecular flexibility index (Phi) is 7.60. The number of nitrogens with two attached hydrogens (primary N) is 1. The van der Waals surface area contributed by atoms with Gasteiger partial charge in [-0.1, -0.05) is 15.9 Å². The smallest absolute Gasteiger partial charge is 0.255 e. The zero-order chi connectivity index (χ0) is 21.6. The molecule has 2 rings (SSSR count). The number of hydrogen-bond donors (Lipinski definition) is 2. The van der Waals surface area contributed by atoms with Gasteiger partial charge in [0.05, 0.1) is 13.7 Å². The third kappa shape index (κ3) is 6.21. The number of carbonyl (C=O) groups is 3. The molecule has 0 aliphatic rings. The van der Waals surface area contributed by atoms with E-state index in [1.807, 2.05) is 19.1 Å². The van der Waals surface area contributed by atoms with E-state index < -0.39 is 5.91 Å². The molecule has 0 bridgehead atoms. The second kappa shape index (κ2) is 9.92. The molecule has 8 nitrogen and oxygen atoms in total. The highest BCUT2D eigenvalue weighted by atomic mass is 79.9. The van der Waals surface area contributed by atoms with E-state index in [9.17, 15) is 14.4 Å². The zero-order valence-corrected chi connectivity index (χ0v) is 17.9. The number of likely N-dealkylation sites (N-methyl/N-ethyl adjacent to an activating group) is 1. The molecular weight excluding hydrogens is 442 g/mol. The van der Waals surface area contributed by atoms with Gasteiger partial charge in [0.15, 0.2) is 18.1 Å². The molecule has 3 N–H and O–H groups in total. The minimum Gasteiger partial charge on any atom is -0.493 e. The number of anilines is 1. The highest BCUT2D eigenvalue weighted by molar-refractivity contribution is 9.10. The van der Waals surface area contributed by atoms with E-state index in [1.165, 1.54) is 37.3 Å². The summed E-state index contributed by atoms with van der Waals surface area (Å²) in [5, 5.41) is 2.79. The number of benzene rings is 2. The summed E-state index contributed by atoms with van der Waals surface area (Å²) in [7, 11) is 2.94. The molecular formula is C20H22BrN3O5. The number of primary amides is 1. The first-order valence-electron chi connectivity index (χ1n) is 8.62. The molecule has 0 heterocycles. The molecule has 29 heavy (non-hydrogen) atoms. The fourth-order valence-electron chi connectivity index (χ4n) is 2.53. The van der Waals surface area contributed by atoms with Crippen molar-refractivity contribution in [3.8, 4) is 11.5 Å². The summed E-state index contributed by atoms with van der Waals surface area (Å²) in [5.41, 5.74) is 6.95. The zero-order valence-electron chi connectivity index (χ0n) is 16.3. The molecule has 9 heteroatoms. The second-order valence-electron chi connectivity index (χ2n) is 6.29. The van der Waals surface area contributed by atoms with Crippen LogP contribution in [0.25, 0.3) is 0 Å². The van der Waals surface area contributed by atoms with Crippen LogP contribution in [0.4, 0.5) is 5.69 Å². The number of halogens is 1. The van der Waals surface area contributed by atoms with Crippen molar-refractivity contribution < 1.29 is 23.9 Å². The normalized spacial score (nSPS) is 10.2. The van der Waals surface area contributed by atoms with E-state index in [0.717, 1.165) is 10.0 Å². The summed E-state index contributed by atoms with van der Waals surface area (Å²) in [6, 6.07) is 10.0. The first kappa shape index (κ1) is 22.2. The van der Waals surface area contributed by atoms with Crippen LogP contribution in [0.1, 0.15) is 15.9 Å². The number of aryl methyl sites for hydroxylation is 1. The molecule has 0 radical (unpaired) electrons. The molecule has 2 aromatic rings. The van der Waals surface area contributed by atoms with Gasteiger partial charge in [0.2, 0.25) is 5.91 Å². The predicted molar refractivity (Wildman–Crippen MR) is 112 cm³/mol. The summed E-state index contributed by atoms with van der Waals surface area (Å²) in [5.74, 6) is -0.750. The lowest BCUT2D eigenvalue weighted by Crippen LogP contribution is -2.35. The largest absolute Gasteiger partial charge is 0.493 e. The SMILES string of the molecule is COc1cc(C(=O)N(C)CC(=O)Nc2ccc(Br)cc2C)ccc1OCC(N)=O. The molecule has 0 unspecified atom stereocenters. The van der Waals surface area contributed by atoms with Crippen molar-refractivity contribution >= 4 is 39.3 Å². The average molecular weight is 464 g/mol. The molecule has 0 atom stereocenters. The van der Waals surface area contributed by atoms with Gasteiger partial charge in [0.1, 0.15) is 0 Å². The molecule has 0 aliphatic carbocycles. The Morgan fingerprint density at radius 1 is 1.14 bits per heavy atom. The number of rotatable bonds is 8. The van der Waals surface area contributed by atoms with Crippen molar-refractivity contribution in [1.29, 1.82) is 0 Å². The third-order valence-electron chi connectivity index (χ3n) is 3.97. The molecule has 2 aromatic carbocycles. The van der Waals surface area contributed by atoms with Crippen LogP contribution in [0.15, 0.2) is 40.9 Å². The summed E-state index contributed by atoms with van der Waals surface area (Å²) in [6.45, 7) is 1.44. The van der Waals surface area contributed by atoms with Gasteiger partial charge in [-0.25, -0.2) is 0 Å². The lowest BCUT2D eigenvalue weighted by molar-refractivity contribution is -0.120. The number of ether oxygens (including phenoxy) is 2. The number of nitrogens with one attached hydrogen (secondary N) is 1. The van der Waals surface area contributed by atoms with Gasteiger partial charge in [-0.05, 0) is 48.9 Å². The van der Waals surface area contributed by atoms with Crippen LogP contribution in [-0.2, 0) is 9.59 Å². The second-order valence-corrected chi connectivity index (χ2v) is 7.20. The van der Waals surface area contributed by atoms with Crippen molar-refractivity contribution in [2.45, 2.75) is 6.92 Å². The Morgan fingerprint density at radius 2 is 1.86 bits per heavy atom. The summed E-state index contributed by atoms with van der Waals surface area (Å²) >= 11 is 3.37. The van der Waals surface area contributed by atoms with Crippen molar-refractivity contribution in [2.75, 3.05) is 32.6 Å². The fourth-order valence-corrected chi connectivity index (χ4v) is 3.01. The van der Waals surface area contributed by atoms with Crippen molar-refractivity contribution in [1.82, 2.24) is 4.90 Å². The van der Waals surface area contributed by atoms with Crippen LogP contribution >= 0.6 is 15.9 Å². The molecule has 0 saturated heterocycles. The van der Waals surface area contributed by atoms with Gasteiger partial charge in [0, 0.05) is 22.8 Å². The fraction of sp³-hybridized carbons (Fsp3) is 0.250. The lowest BCUT2D eigenvalue weighted by atomic mass is 10.1. The van der Waals surface area contributed by atoms with Crippen LogP contribution in [-0.4, -0.2) is 49.9 Å². The van der Waals surface area contributed by atoms with Crippen LogP contribution in [0, 0.1) is 6.92 Å². The van der Waals surface area contributed by atoms with Gasteiger partial charge < -0.3 is 25.4 Å². The third-order valence-corrected chi connectivity index (χ3v) is 4.46. The molecule has 0 fully saturated rings. The van der Waals surface area contributed by atoms with Crippen molar-refractivity contribution in [2.24, 2.45) is 5.73 Å². The number of methoxy groups -OCH3 is 1. The van der Waals surface area contributed by atoms with E-state index in [4.69, 9.17) is 15.2 Å². The predicted octanol–water partition coefficient (Wildman–Crippen LogP) is 2.34. The van der Waals surface area contributed by atoms with Crippen LogP contribution in [0.3, 0.4) is 0 Å². The van der Waals surface area contributed by atoms with Gasteiger partial charge >= 0.3 is 0 Å². The molecule has 0 saturated carbocycles. The number of amides is 3. The Morgan fingerprint density at radius 3 is 2.48 bits per heavy atom. The number of carbonyl (C=O) groups excluding carboxylic acids is 3.